The second kappa shape index (κ2) is 5.19. The van der Waals surface area contributed by atoms with Gasteiger partial charge in [-0.15, -0.1) is 0 Å². The van der Waals surface area contributed by atoms with Crippen molar-refractivity contribution in [2.75, 3.05) is 0 Å². The molecule has 0 bridgehead atoms. The van der Waals surface area contributed by atoms with E-state index in [0.29, 0.717) is 20.6 Å². The molecule has 0 unspecified atom stereocenters. The van der Waals surface area contributed by atoms with E-state index in [1.165, 1.54) is 0 Å². The maximum absolute atomic E-state index is 6.38. The number of hydrogen-bond acceptors (Lipinski definition) is 3. The molecule has 0 fully saturated rings. The summed E-state index contributed by atoms with van der Waals surface area (Å²) in [6, 6.07) is 1.87. The molecule has 0 amide bonds. The molecule has 0 saturated carbocycles. The Morgan fingerprint density at radius 3 is 2.42 bits per heavy atom. The largest absolute Gasteiger partial charge is 0.265 e. The van der Waals surface area contributed by atoms with Gasteiger partial charge in [0.1, 0.15) is 5.69 Å². The van der Waals surface area contributed by atoms with E-state index in [2.05, 4.69) is 10.1 Å². The molecule has 2 heterocycles. The Morgan fingerprint density at radius 2 is 1.89 bits per heavy atom. The van der Waals surface area contributed by atoms with Crippen molar-refractivity contribution >= 4 is 40.3 Å². The SMILES string of the molecule is CC(=S)c1c(Cl)c(-c2nc(C)c(Cl)cc2C)nn1C. The van der Waals surface area contributed by atoms with Gasteiger partial charge >= 0.3 is 0 Å². The topological polar surface area (TPSA) is 30.7 Å². The fraction of sp³-hybridized carbons (Fsp3) is 0.308. The van der Waals surface area contributed by atoms with Crippen LogP contribution < -0.4 is 0 Å². The van der Waals surface area contributed by atoms with E-state index in [-0.39, 0.29) is 0 Å². The number of aryl methyl sites for hydroxylation is 3. The number of rotatable bonds is 2. The molecule has 100 valence electrons. The van der Waals surface area contributed by atoms with Gasteiger partial charge in [0.15, 0.2) is 0 Å². The molecule has 2 aromatic heterocycles. The summed E-state index contributed by atoms with van der Waals surface area (Å²) in [5, 5.41) is 5.60. The van der Waals surface area contributed by atoms with E-state index >= 15 is 0 Å². The van der Waals surface area contributed by atoms with Crippen LogP contribution >= 0.6 is 35.4 Å². The zero-order valence-electron chi connectivity index (χ0n) is 11.1. The molecule has 0 aliphatic heterocycles. The summed E-state index contributed by atoms with van der Waals surface area (Å²) >= 11 is 17.6. The fourth-order valence-electron chi connectivity index (χ4n) is 1.94. The smallest absolute Gasteiger partial charge is 0.130 e. The molecule has 6 heteroatoms. The first kappa shape index (κ1) is 14.4. The summed E-state index contributed by atoms with van der Waals surface area (Å²) in [6.07, 6.45) is 0. The predicted octanol–water partition coefficient (Wildman–Crippen LogP) is 4.14. The van der Waals surface area contributed by atoms with Crippen LogP contribution in [0.1, 0.15) is 23.9 Å². The van der Waals surface area contributed by atoms with Gasteiger partial charge in [-0.05, 0) is 32.4 Å². The summed E-state index contributed by atoms with van der Waals surface area (Å²) in [5.41, 5.74) is 3.82. The highest BCUT2D eigenvalue weighted by Crippen LogP contribution is 2.32. The summed E-state index contributed by atoms with van der Waals surface area (Å²) in [5.74, 6) is 0. The summed E-state index contributed by atoms with van der Waals surface area (Å²) in [6.45, 7) is 5.62. The number of halogens is 2. The lowest BCUT2D eigenvalue weighted by Gasteiger charge is -2.05. The standard InChI is InChI=1S/C13H13Cl2N3S/c1-6-5-9(14)7(2)16-11(6)12-10(15)13(8(3)19)18(4)17-12/h5H,1-4H3. The van der Waals surface area contributed by atoms with Gasteiger partial charge in [-0.2, -0.15) is 5.10 Å². The third kappa shape index (κ3) is 2.53. The number of nitrogens with zero attached hydrogens (tertiary/aromatic N) is 3. The second-order valence-electron chi connectivity index (χ2n) is 4.41. The Morgan fingerprint density at radius 1 is 1.26 bits per heavy atom. The quantitative estimate of drug-likeness (QED) is 0.616. The van der Waals surface area contributed by atoms with Crippen molar-refractivity contribution in [3.8, 4) is 11.4 Å². The Labute approximate surface area is 127 Å². The molecule has 19 heavy (non-hydrogen) atoms. The molecule has 2 aromatic rings. The maximum atomic E-state index is 6.38. The lowest BCUT2D eigenvalue weighted by Crippen LogP contribution is -2.02. The van der Waals surface area contributed by atoms with Crippen LogP contribution in [0.3, 0.4) is 0 Å². The van der Waals surface area contributed by atoms with Crippen molar-refractivity contribution in [2.24, 2.45) is 7.05 Å². The van der Waals surface area contributed by atoms with Gasteiger partial charge in [0.25, 0.3) is 0 Å². The van der Waals surface area contributed by atoms with Crippen molar-refractivity contribution in [1.29, 1.82) is 0 Å². The first-order chi connectivity index (χ1) is 8.82. The third-order valence-corrected chi connectivity index (χ3v) is 3.82. The number of aromatic nitrogens is 3. The van der Waals surface area contributed by atoms with Crippen LogP contribution in [-0.4, -0.2) is 19.6 Å². The van der Waals surface area contributed by atoms with E-state index in [1.807, 2.05) is 33.9 Å². The van der Waals surface area contributed by atoms with Crippen molar-refractivity contribution in [2.45, 2.75) is 20.8 Å². The first-order valence-electron chi connectivity index (χ1n) is 5.70. The molecule has 2 rings (SSSR count). The van der Waals surface area contributed by atoms with Gasteiger partial charge in [-0.25, -0.2) is 4.98 Å². The second-order valence-corrected chi connectivity index (χ2v) is 5.81. The van der Waals surface area contributed by atoms with Crippen LogP contribution in [-0.2, 0) is 7.05 Å². The minimum absolute atomic E-state index is 0.535. The summed E-state index contributed by atoms with van der Waals surface area (Å²) in [4.78, 5) is 5.18. The molecule has 0 aliphatic rings. The summed E-state index contributed by atoms with van der Waals surface area (Å²) < 4.78 is 1.69. The molecule has 0 N–H and O–H groups in total. The lowest BCUT2D eigenvalue weighted by molar-refractivity contribution is 0.763. The van der Waals surface area contributed by atoms with E-state index in [1.54, 1.807) is 4.68 Å². The highest BCUT2D eigenvalue weighted by atomic mass is 35.5. The molecule has 0 atom stereocenters. The van der Waals surface area contributed by atoms with Gasteiger partial charge in [-0.1, -0.05) is 35.4 Å². The molecule has 0 saturated heterocycles. The molecule has 0 aromatic carbocycles. The average Bonchev–Trinajstić information content (AvgIpc) is 2.59. The predicted molar refractivity (Wildman–Crippen MR) is 83.3 cm³/mol. The van der Waals surface area contributed by atoms with Crippen LogP contribution in [0, 0.1) is 13.8 Å². The molecule has 0 aliphatic carbocycles. The van der Waals surface area contributed by atoms with Crippen LogP contribution in [0.5, 0.6) is 0 Å². The first-order valence-corrected chi connectivity index (χ1v) is 6.87. The van der Waals surface area contributed by atoms with Crippen LogP contribution in [0.4, 0.5) is 0 Å². The zero-order chi connectivity index (χ0) is 14.3. The van der Waals surface area contributed by atoms with Crippen LogP contribution in [0.15, 0.2) is 6.07 Å². The maximum Gasteiger partial charge on any atom is 0.130 e. The van der Waals surface area contributed by atoms with Crippen LogP contribution in [0.2, 0.25) is 10.0 Å². The molecule has 3 nitrogen and oxygen atoms in total. The van der Waals surface area contributed by atoms with Crippen molar-refractivity contribution in [3.05, 3.63) is 33.1 Å². The Balaban J connectivity index is 2.70. The van der Waals surface area contributed by atoms with Gasteiger partial charge in [0, 0.05) is 11.9 Å². The lowest BCUT2D eigenvalue weighted by atomic mass is 10.1. The highest BCUT2D eigenvalue weighted by Gasteiger charge is 2.20. The normalized spacial score (nSPS) is 10.8. The zero-order valence-corrected chi connectivity index (χ0v) is 13.4. The van der Waals surface area contributed by atoms with Gasteiger partial charge in [0.05, 0.1) is 27.1 Å². The van der Waals surface area contributed by atoms with Gasteiger partial charge in [-0.3, -0.25) is 4.68 Å². The highest BCUT2D eigenvalue weighted by molar-refractivity contribution is 7.80. The van der Waals surface area contributed by atoms with E-state index in [4.69, 9.17) is 35.4 Å². The molecular weight excluding hydrogens is 301 g/mol. The summed E-state index contributed by atoms with van der Waals surface area (Å²) in [7, 11) is 1.82. The van der Waals surface area contributed by atoms with Crippen LogP contribution in [0.25, 0.3) is 11.4 Å². The number of hydrogen-bond donors (Lipinski definition) is 0. The van der Waals surface area contributed by atoms with Crippen molar-refractivity contribution < 1.29 is 0 Å². The van der Waals surface area contributed by atoms with E-state index in [9.17, 15) is 0 Å². The van der Waals surface area contributed by atoms with E-state index < -0.39 is 0 Å². The Hall–Kier alpha value is -0.970. The average molecular weight is 314 g/mol. The molecule has 0 spiro atoms. The fourth-order valence-corrected chi connectivity index (χ4v) is 2.83. The van der Waals surface area contributed by atoms with Crippen molar-refractivity contribution in [1.82, 2.24) is 14.8 Å². The van der Waals surface area contributed by atoms with Gasteiger partial charge < -0.3 is 0 Å². The van der Waals surface area contributed by atoms with E-state index in [0.717, 1.165) is 22.6 Å². The van der Waals surface area contributed by atoms with Gasteiger partial charge in [0.2, 0.25) is 0 Å². The Kier molecular flexibility index (Phi) is 3.95. The number of pyridine rings is 1. The monoisotopic (exact) mass is 313 g/mol. The minimum Gasteiger partial charge on any atom is -0.265 e. The van der Waals surface area contributed by atoms with Crippen molar-refractivity contribution in [3.63, 3.8) is 0 Å². The third-order valence-electron chi connectivity index (χ3n) is 2.89. The molecule has 0 radical (unpaired) electrons. The molecular formula is C13H13Cl2N3S. The number of thiocarbonyl (C=S) groups is 1. The Bertz CT molecular complexity index is 677. The minimum atomic E-state index is 0.535.